The number of rotatable bonds is 1. The molecule has 0 aliphatic heterocycles. The van der Waals surface area contributed by atoms with E-state index in [2.05, 4.69) is 15.4 Å². The predicted octanol–water partition coefficient (Wildman–Crippen LogP) is 0.654. The largest absolute Gasteiger partial charge is 1.00 e. The van der Waals surface area contributed by atoms with Gasteiger partial charge in [0.25, 0.3) is 0 Å². The van der Waals surface area contributed by atoms with Crippen molar-refractivity contribution in [2.75, 3.05) is 0 Å². The Balaban J connectivity index is 0.000000845. The van der Waals surface area contributed by atoms with Crippen molar-refractivity contribution in [3.8, 4) is 0 Å². The van der Waals surface area contributed by atoms with Gasteiger partial charge in [0.15, 0.2) is 0 Å². The molecule has 2 rings (SSSR count). The van der Waals surface area contributed by atoms with E-state index in [1.807, 2.05) is 0 Å². The van der Waals surface area contributed by atoms with Crippen LogP contribution in [0.15, 0.2) is 18.2 Å². The predicted molar refractivity (Wildman–Crippen MR) is 40.8 cm³/mol. The van der Waals surface area contributed by atoms with Crippen molar-refractivity contribution in [2.45, 2.75) is 0 Å². The van der Waals surface area contributed by atoms with Gasteiger partial charge in [-0.15, -0.1) is 0 Å². The van der Waals surface area contributed by atoms with Gasteiger partial charge >= 0.3 is 28.3 Å². The summed E-state index contributed by atoms with van der Waals surface area (Å²) in [6.07, 6.45) is 0. The minimum absolute atomic E-state index is 0. The van der Waals surface area contributed by atoms with Gasteiger partial charge in [-0.1, -0.05) is 6.07 Å². The first-order valence-electron chi connectivity index (χ1n) is 3.32. The number of carboxylic acids is 1. The van der Waals surface area contributed by atoms with Gasteiger partial charge in [-0.2, -0.15) is 15.4 Å². The van der Waals surface area contributed by atoms with Crippen LogP contribution in [0.2, 0.25) is 0 Å². The molecule has 6 heteroatoms. The molecule has 0 aliphatic rings. The molecule has 0 unspecified atom stereocenters. The van der Waals surface area contributed by atoms with Crippen LogP contribution in [-0.4, -0.2) is 26.5 Å². The van der Waals surface area contributed by atoms with Gasteiger partial charge in [-0.25, -0.2) is 4.79 Å². The smallest absolute Gasteiger partial charge is 0.478 e. The SMILES string of the molecule is O=C(O)c1cccc2n[nH]nc12.[Ag+]. The summed E-state index contributed by atoms with van der Waals surface area (Å²) >= 11 is 0. The van der Waals surface area contributed by atoms with Crippen LogP contribution < -0.4 is 0 Å². The number of fused-ring (bicyclic) bond motifs is 1. The second kappa shape index (κ2) is 3.69. The van der Waals surface area contributed by atoms with Crippen LogP contribution in [0.5, 0.6) is 0 Å². The van der Waals surface area contributed by atoms with Gasteiger partial charge in [-0.3, -0.25) is 0 Å². The Labute approximate surface area is 88.7 Å². The maximum absolute atomic E-state index is 10.6. The molecule has 0 amide bonds. The Morgan fingerprint density at radius 2 is 2.15 bits per heavy atom. The zero-order valence-corrected chi connectivity index (χ0v) is 7.77. The molecular formula is C7H5AgN3O2+. The van der Waals surface area contributed by atoms with E-state index in [4.69, 9.17) is 5.11 Å². The summed E-state index contributed by atoms with van der Waals surface area (Å²) in [5.74, 6) is -0.991. The second-order valence-electron chi connectivity index (χ2n) is 2.30. The Kier molecular flexibility index (Phi) is 2.82. The number of benzene rings is 1. The third-order valence-corrected chi connectivity index (χ3v) is 1.58. The number of aromatic nitrogens is 3. The van der Waals surface area contributed by atoms with Crippen molar-refractivity contribution in [3.05, 3.63) is 23.8 Å². The molecule has 0 atom stereocenters. The van der Waals surface area contributed by atoms with Gasteiger partial charge < -0.3 is 5.11 Å². The van der Waals surface area contributed by atoms with E-state index < -0.39 is 5.97 Å². The van der Waals surface area contributed by atoms with Crippen LogP contribution in [0.1, 0.15) is 10.4 Å². The van der Waals surface area contributed by atoms with Crippen LogP contribution >= 0.6 is 0 Å². The van der Waals surface area contributed by atoms with Crippen LogP contribution in [0.3, 0.4) is 0 Å². The summed E-state index contributed by atoms with van der Waals surface area (Å²) in [6, 6.07) is 4.83. The van der Waals surface area contributed by atoms with Gasteiger partial charge in [0.05, 0.1) is 5.56 Å². The van der Waals surface area contributed by atoms with E-state index in [1.165, 1.54) is 6.07 Å². The number of hydrogen-bond donors (Lipinski definition) is 2. The topological polar surface area (TPSA) is 78.9 Å². The van der Waals surface area contributed by atoms with Crippen molar-refractivity contribution >= 4 is 17.0 Å². The van der Waals surface area contributed by atoms with Gasteiger partial charge in [0.1, 0.15) is 11.0 Å². The molecule has 0 saturated carbocycles. The van der Waals surface area contributed by atoms with Crippen LogP contribution in [-0.2, 0) is 22.4 Å². The maximum Gasteiger partial charge on any atom is 1.00 e. The molecule has 1 aromatic carbocycles. The molecular weight excluding hydrogens is 266 g/mol. The number of aromatic carboxylic acids is 1. The van der Waals surface area contributed by atoms with Gasteiger partial charge in [0.2, 0.25) is 0 Å². The van der Waals surface area contributed by atoms with E-state index in [9.17, 15) is 4.79 Å². The molecule has 2 N–H and O–H groups in total. The van der Waals surface area contributed by atoms with E-state index in [0.29, 0.717) is 11.0 Å². The first-order valence-corrected chi connectivity index (χ1v) is 3.32. The number of nitrogens with zero attached hydrogens (tertiary/aromatic N) is 2. The van der Waals surface area contributed by atoms with Crippen molar-refractivity contribution in [1.82, 2.24) is 15.4 Å². The summed E-state index contributed by atoms with van der Waals surface area (Å²) in [4.78, 5) is 10.6. The summed E-state index contributed by atoms with van der Waals surface area (Å²) in [6.45, 7) is 0. The van der Waals surface area contributed by atoms with Gasteiger partial charge in [0, 0.05) is 0 Å². The molecule has 5 nitrogen and oxygen atoms in total. The van der Waals surface area contributed by atoms with Gasteiger partial charge in [-0.05, 0) is 12.1 Å². The monoisotopic (exact) mass is 270 g/mol. The van der Waals surface area contributed by atoms with E-state index >= 15 is 0 Å². The molecule has 70 valence electrons. The second-order valence-corrected chi connectivity index (χ2v) is 2.30. The summed E-state index contributed by atoms with van der Waals surface area (Å²) < 4.78 is 0. The van der Waals surface area contributed by atoms with E-state index in [1.54, 1.807) is 12.1 Å². The average Bonchev–Trinajstić information content (AvgIpc) is 2.49. The fraction of sp³-hybridized carbons (Fsp3) is 0. The molecule has 0 aliphatic carbocycles. The average molecular weight is 271 g/mol. The number of carbonyl (C=O) groups is 1. The number of para-hydroxylation sites is 1. The Morgan fingerprint density at radius 1 is 1.38 bits per heavy atom. The third kappa shape index (κ3) is 1.62. The van der Waals surface area contributed by atoms with E-state index in [0.717, 1.165) is 0 Å². The molecule has 0 radical (unpaired) electrons. The number of hydrogen-bond acceptors (Lipinski definition) is 3. The molecule has 0 fully saturated rings. The fourth-order valence-corrected chi connectivity index (χ4v) is 1.04. The van der Waals surface area contributed by atoms with Crippen molar-refractivity contribution in [1.29, 1.82) is 0 Å². The number of aromatic amines is 1. The molecule has 0 bridgehead atoms. The molecule has 1 heterocycles. The zero-order chi connectivity index (χ0) is 8.55. The van der Waals surface area contributed by atoms with Crippen LogP contribution in [0.25, 0.3) is 11.0 Å². The van der Waals surface area contributed by atoms with Crippen molar-refractivity contribution in [2.24, 2.45) is 0 Å². The number of nitrogens with one attached hydrogen (secondary N) is 1. The Hall–Kier alpha value is -1.17. The van der Waals surface area contributed by atoms with Crippen LogP contribution in [0.4, 0.5) is 0 Å². The van der Waals surface area contributed by atoms with E-state index in [-0.39, 0.29) is 27.9 Å². The molecule has 0 spiro atoms. The zero-order valence-electron chi connectivity index (χ0n) is 6.28. The summed E-state index contributed by atoms with van der Waals surface area (Å²) in [7, 11) is 0. The van der Waals surface area contributed by atoms with Crippen molar-refractivity contribution in [3.63, 3.8) is 0 Å². The number of carboxylic acid groups (broad SMARTS) is 1. The molecule has 1 aromatic heterocycles. The normalized spacial score (nSPS) is 9.54. The molecule has 13 heavy (non-hydrogen) atoms. The maximum atomic E-state index is 10.6. The first kappa shape index (κ1) is 9.91. The van der Waals surface area contributed by atoms with Crippen molar-refractivity contribution < 1.29 is 32.3 Å². The molecule has 0 saturated heterocycles. The Bertz CT molecular complexity index is 440. The standard InChI is InChI=1S/C7H5N3O2.Ag/c11-7(12)4-2-1-3-5-6(4)9-10-8-5;/h1-3H,(H,11,12)(H,8,9,10);/q;+1. The first-order chi connectivity index (χ1) is 5.79. The Morgan fingerprint density at radius 3 is 2.85 bits per heavy atom. The molecule has 2 aromatic rings. The summed E-state index contributed by atoms with van der Waals surface area (Å²) in [5.41, 5.74) is 1.13. The fourth-order valence-electron chi connectivity index (χ4n) is 1.04. The number of H-pyrrole nitrogens is 1. The quantitative estimate of drug-likeness (QED) is 0.746. The van der Waals surface area contributed by atoms with Crippen LogP contribution in [0, 0.1) is 0 Å². The minimum Gasteiger partial charge on any atom is -0.478 e. The minimum atomic E-state index is -0.991. The summed E-state index contributed by atoms with van der Waals surface area (Å²) in [5, 5.41) is 18.6. The third-order valence-electron chi connectivity index (χ3n) is 1.58.